The Morgan fingerprint density at radius 2 is 1.68 bits per heavy atom. The van der Waals surface area contributed by atoms with Crippen LogP contribution in [0.5, 0.6) is 0 Å². The fraction of sp³-hybridized carbons (Fsp3) is 0.654. The van der Waals surface area contributed by atoms with E-state index in [1.54, 1.807) is 20.8 Å². The van der Waals surface area contributed by atoms with Crippen molar-refractivity contribution in [2.45, 2.75) is 98.4 Å². The summed E-state index contributed by atoms with van der Waals surface area (Å²) < 4.78 is 5.26. The molecule has 1 aromatic carbocycles. The first-order valence-corrected chi connectivity index (χ1v) is 11.9. The van der Waals surface area contributed by atoms with Gasteiger partial charge >= 0.3 is 6.09 Å². The van der Waals surface area contributed by atoms with E-state index >= 15 is 0 Å². The van der Waals surface area contributed by atoms with Crippen molar-refractivity contribution in [3.05, 3.63) is 34.9 Å². The number of nitrogens with one attached hydrogen (secondary N) is 2. The van der Waals surface area contributed by atoms with Crippen LogP contribution >= 0.6 is 0 Å². The van der Waals surface area contributed by atoms with Crippen LogP contribution in [0.25, 0.3) is 0 Å². The lowest BCUT2D eigenvalue weighted by Crippen LogP contribution is -2.59. The van der Waals surface area contributed by atoms with Crippen molar-refractivity contribution < 1.29 is 24.2 Å². The quantitative estimate of drug-likeness (QED) is 0.469. The maximum atomic E-state index is 13.7. The van der Waals surface area contributed by atoms with Gasteiger partial charge in [-0.3, -0.25) is 9.59 Å². The van der Waals surface area contributed by atoms with Crippen molar-refractivity contribution in [3.8, 4) is 0 Å². The molecule has 3 amide bonds. The van der Waals surface area contributed by atoms with Crippen molar-refractivity contribution in [3.63, 3.8) is 0 Å². The van der Waals surface area contributed by atoms with Crippen LogP contribution in [0, 0.1) is 13.8 Å². The Morgan fingerprint density at radius 3 is 2.15 bits per heavy atom. The average Bonchev–Trinajstić information content (AvgIpc) is 2.69. The molecule has 2 unspecified atom stereocenters. The van der Waals surface area contributed by atoms with Crippen molar-refractivity contribution in [1.82, 2.24) is 15.5 Å². The molecular formula is C26H43N3O5. The van der Waals surface area contributed by atoms with Crippen LogP contribution in [-0.2, 0) is 14.3 Å². The zero-order chi connectivity index (χ0) is 26.3. The second-order valence-electron chi connectivity index (χ2n) is 10.7. The van der Waals surface area contributed by atoms with Gasteiger partial charge in [-0.25, -0.2) is 4.79 Å². The molecule has 1 aromatic rings. The van der Waals surface area contributed by atoms with E-state index in [1.165, 1.54) is 4.90 Å². The van der Waals surface area contributed by atoms with Crippen LogP contribution in [0.15, 0.2) is 18.2 Å². The molecule has 8 heteroatoms. The number of unbranched alkanes of at least 4 members (excludes halogenated alkanes) is 1. The van der Waals surface area contributed by atoms with Gasteiger partial charge in [0.2, 0.25) is 11.8 Å². The molecule has 192 valence electrons. The number of aliphatic hydroxyl groups is 1. The predicted molar refractivity (Wildman–Crippen MR) is 133 cm³/mol. The first-order valence-electron chi connectivity index (χ1n) is 11.9. The largest absolute Gasteiger partial charge is 0.444 e. The Morgan fingerprint density at radius 1 is 1.06 bits per heavy atom. The van der Waals surface area contributed by atoms with Crippen LogP contribution in [0.4, 0.5) is 4.79 Å². The summed E-state index contributed by atoms with van der Waals surface area (Å²) in [4.78, 5) is 41.0. The van der Waals surface area contributed by atoms with Crippen molar-refractivity contribution in [2.75, 3.05) is 13.2 Å². The number of carbonyl (C=O) groups is 3. The molecule has 0 spiro atoms. The molecule has 0 heterocycles. The van der Waals surface area contributed by atoms with E-state index < -0.39 is 41.8 Å². The zero-order valence-electron chi connectivity index (χ0n) is 22.2. The highest BCUT2D eigenvalue weighted by molar-refractivity contribution is 5.92. The Labute approximate surface area is 204 Å². The number of rotatable bonds is 9. The molecule has 0 aliphatic rings. The smallest absolute Gasteiger partial charge is 0.408 e. The molecule has 1 rings (SSSR count). The molecule has 0 radical (unpaired) electrons. The molecule has 34 heavy (non-hydrogen) atoms. The van der Waals surface area contributed by atoms with Crippen LogP contribution in [0.2, 0.25) is 0 Å². The van der Waals surface area contributed by atoms with Gasteiger partial charge in [-0.15, -0.1) is 0 Å². The highest BCUT2D eigenvalue weighted by Crippen LogP contribution is 2.31. The minimum Gasteiger partial charge on any atom is -0.444 e. The van der Waals surface area contributed by atoms with E-state index in [-0.39, 0.29) is 5.91 Å². The third kappa shape index (κ3) is 8.63. The fourth-order valence-electron chi connectivity index (χ4n) is 3.49. The van der Waals surface area contributed by atoms with E-state index in [2.05, 4.69) is 10.6 Å². The monoisotopic (exact) mass is 477 g/mol. The molecule has 0 fully saturated rings. The molecule has 0 aliphatic carbocycles. The lowest BCUT2D eigenvalue weighted by Gasteiger charge is -2.43. The van der Waals surface area contributed by atoms with E-state index in [0.717, 1.165) is 24.0 Å². The lowest BCUT2D eigenvalue weighted by molar-refractivity contribution is -0.149. The summed E-state index contributed by atoms with van der Waals surface area (Å²) in [6, 6.07) is 3.45. The Hall–Kier alpha value is -2.61. The number of aliphatic hydroxyl groups excluding tert-OH is 1. The Kier molecular flexibility index (Phi) is 10.6. The van der Waals surface area contributed by atoms with Gasteiger partial charge < -0.3 is 25.4 Å². The molecule has 3 N–H and O–H groups in total. The normalized spacial score (nSPS) is 13.6. The molecular weight excluding hydrogens is 434 g/mol. The van der Waals surface area contributed by atoms with Gasteiger partial charge in [0.1, 0.15) is 17.7 Å². The minimum atomic E-state index is -1.27. The number of nitrogens with zero attached hydrogens (tertiary/aromatic N) is 1. The van der Waals surface area contributed by atoms with Gasteiger partial charge in [-0.05, 0) is 78.5 Å². The maximum absolute atomic E-state index is 13.7. The number of benzene rings is 1. The number of alkyl carbamates (subject to hydrolysis) is 1. The highest BCUT2D eigenvalue weighted by atomic mass is 16.6. The summed E-state index contributed by atoms with van der Waals surface area (Å²) in [5.74, 6) is -0.885. The van der Waals surface area contributed by atoms with Gasteiger partial charge in [-0.1, -0.05) is 31.5 Å². The first-order chi connectivity index (χ1) is 15.6. The number of amides is 3. The number of carbonyl (C=O) groups excluding carboxylic acids is 3. The summed E-state index contributed by atoms with van der Waals surface area (Å²) in [6.45, 7) is 16.4. The van der Waals surface area contributed by atoms with Crippen LogP contribution in [-0.4, -0.2) is 58.2 Å². The van der Waals surface area contributed by atoms with E-state index in [4.69, 9.17) is 4.74 Å². The summed E-state index contributed by atoms with van der Waals surface area (Å²) in [6.07, 6.45) is 0.917. The lowest BCUT2D eigenvalue weighted by atomic mass is 9.93. The molecule has 0 aliphatic heterocycles. The van der Waals surface area contributed by atoms with E-state index in [9.17, 15) is 19.5 Å². The second kappa shape index (κ2) is 12.2. The summed E-state index contributed by atoms with van der Waals surface area (Å²) in [5, 5.41) is 15.4. The first kappa shape index (κ1) is 29.4. The number of hydrogen-bond donors (Lipinski definition) is 3. The third-order valence-electron chi connectivity index (χ3n) is 5.31. The minimum absolute atomic E-state index is 0.311. The molecule has 8 nitrogen and oxygen atoms in total. The molecule has 0 saturated carbocycles. The Bertz CT molecular complexity index is 855. The zero-order valence-corrected chi connectivity index (χ0v) is 22.2. The molecule has 0 bridgehead atoms. The fourth-order valence-corrected chi connectivity index (χ4v) is 3.49. The third-order valence-corrected chi connectivity index (χ3v) is 5.31. The predicted octanol–water partition coefficient (Wildman–Crippen LogP) is 3.77. The van der Waals surface area contributed by atoms with Crippen LogP contribution < -0.4 is 10.6 Å². The summed E-state index contributed by atoms with van der Waals surface area (Å²) in [5.41, 5.74) is 1.16. The second-order valence-corrected chi connectivity index (χ2v) is 10.7. The van der Waals surface area contributed by atoms with E-state index in [0.29, 0.717) is 12.1 Å². The van der Waals surface area contributed by atoms with Gasteiger partial charge in [0, 0.05) is 12.1 Å². The topological polar surface area (TPSA) is 108 Å². The van der Waals surface area contributed by atoms with Gasteiger partial charge in [0.15, 0.2) is 0 Å². The van der Waals surface area contributed by atoms with Crippen molar-refractivity contribution in [1.29, 1.82) is 0 Å². The highest BCUT2D eigenvalue weighted by Gasteiger charge is 2.41. The van der Waals surface area contributed by atoms with Gasteiger partial charge in [-0.2, -0.15) is 0 Å². The van der Waals surface area contributed by atoms with Crippen LogP contribution in [0.3, 0.4) is 0 Å². The standard InChI is InChI=1S/C26H43N3O5/c1-10-11-14-27-22(31)21(19-13-12-17(2)18(3)15-19)29(25(4,5)6)23(32)20(16-30)28-24(33)34-26(7,8)9/h12-13,15,20-21,30H,10-11,14,16H2,1-9H3,(H,27,31)(H,28,33). The number of aryl methyl sites for hydroxylation is 2. The summed E-state index contributed by atoms with van der Waals surface area (Å²) >= 11 is 0. The Balaban J connectivity index is 3.46. The van der Waals surface area contributed by atoms with Crippen molar-refractivity contribution in [2.24, 2.45) is 0 Å². The van der Waals surface area contributed by atoms with Gasteiger partial charge in [0.25, 0.3) is 0 Å². The molecule has 0 aromatic heterocycles. The molecule has 0 saturated heterocycles. The van der Waals surface area contributed by atoms with E-state index in [1.807, 2.05) is 59.7 Å². The van der Waals surface area contributed by atoms with Gasteiger partial charge in [0.05, 0.1) is 6.61 Å². The maximum Gasteiger partial charge on any atom is 0.408 e. The molecule has 2 atom stereocenters. The number of hydrogen-bond acceptors (Lipinski definition) is 5. The summed E-state index contributed by atoms with van der Waals surface area (Å²) in [7, 11) is 0. The SMILES string of the molecule is CCCCNC(=O)C(c1ccc(C)c(C)c1)N(C(=O)C(CO)NC(=O)OC(C)(C)C)C(C)(C)C. The van der Waals surface area contributed by atoms with Crippen LogP contribution in [0.1, 0.15) is 84.0 Å². The van der Waals surface area contributed by atoms with Crippen molar-refractivity contribution >= 4 is 17.9 Å². The average molecular weight is 478 g/mol. The number of ether oxygens (including phenoxy) is 1.